The Balaban J connectivity index is 2.50. The van der Waals surface area contributed by atoms with E-state index in [2.05, 4.69) is 0 Å². The van der Waals surface area contributed by atoms with Crippen LogP contribution in [0.5, 0.6) is 0 Å². The number of nitrogens with zero attached hydrogens (tertiary/aromatic N) is 2. The molecule has 0 aromatic rings. The predicted molar refractivity (Wildman–Crippen MR) is 70.7 cm³/mol. The maximum atomic E-state index is 11.9. The number of piperazine rings is 1. The summed E-state index contributed by atoms with van der Waals surface area (Å²) in [4.78, 5) is 26.9. The lowest BCUT2D eigenvalue weighted by atomic mass is 10.1. The molecule has 110 valence electrons. The van der Waals surface area contributed by atoms with Gasteiger partial charge in [0.1, 0.15) is 11.2 Å². The quantitative estimate of drug-likeness (QED) is 0.768. The molecule has 0 aromatic heterocycles. The summed E-state index contributed by atoms with van der Waals surface area (Å²) >= 11 is 0. The Hall–Kier alpha value is -1.30. The van der Waals surface area contributed by atoms with E-state index in [9.17, 15) is 14.7 Å². The standard InChI is InChI=1S/C13H24N2O4/c1-12(2,3)19-11(17)15-8-6-14(7-9-15)10(16)13(4,5)18/h18H,6-9H2,1-5H3. The van der Waals surface area contributed by atoms with Gasteiger partial charge in [-0.2, -0.15) is 0 Å². The van der Waals surface area contributed by atoms with Crippen LogP contribution in [0.2, 0.25) is 0 Å². The highest BCUT2D eigenvalue weighted by Crippen LogP contribution is 2.14. The van der Waals surface area contributed by atoms with Gasteiger partial charge >= 0.3 is 6.09 Å². The van der Waals surface area contributed by atoms with Crippen molar-refractivity contribution in [2.45, 2.75) is 45.8 Å². The molecule has 1 aliphatic rings. The fourth-order valence-corrected chi connectivity index (χ4v) is 1.81. The molecule has 0 unspecified atom stereocenters. The summed E-state index contributed by atoms with van der Waals surface area (Å²) in [6.45, 7) is 10.1. The van der Waals surface area contributed by atoms with Crippen molar-refractivity contribution in [3.8, 4) is 0 Å². The zero-order valence-corrected chi connectivity index (χ0v) is 12.4. The van der Waals surface area contributed by atoms with Gasteiger partial charge in [-0.1, -0.05) is 0 Å². The molecule has 1 heterocycles. The normalized spacial score (nSPS) is 17.4. The van der Waals surface area contributed by atoms with Crippen LogP contribution in [0, 0.1) is 0 Å². The lowest BCUT2D eigenvalue weighted by molar-refractivity contribution is -0.149. The second-order valence-corrected chi connectivity index (χ2v) is 6.32. The summed E-state index contributed by atoms with van der Waals surface area (Å²) in [5.74, 6) is -0.309. The fourth-order valence-electron chi connectivity index (χ4n) is 1.81. The van der Waals surface area contributed by atoms with Crippen LogP contribution in [0.1, 0.15) is 34.6 Å². The Morgan fingerprint density at radius 1 is 0.947 bits per heavy atom. The first kappa shape index (κ1) is 15.8. The van der Waals surface area contributed by atoms with Crippen molar-refractivity contribution in [2.24, 2.45) is 0 Å². The van der Waals surface area contributed by atoms with E-state index in [0.717, 1.165) is 0 Å². The molecule has 0 aliphatic carbocycles. The average Bonchev–Trinajstić information content (AvgIpc) is 2.24. The molecule has 6 heteroatoms. The van der Waals surface area contributed by atoms with Crippen molar-refractivity contribution in [3.63, 3.8) is 0 Å². The van der Waals surface area contributed by atoms with E-state index >= 15 is 0 Å². The Labute approximate surface area is 114 Å². The monoisotopic (exact) mass is 272 g/mol. The van der Waals surface area contributed by atoms with Gasteiger partial charge in [-0.05, 0) is 34.6 Å². The fraction of sp³-hybridized carbons (Fsp3) is 0.846. The molecular weight excluding hydrogens is 248 g/mol. The maximum absolute atomic E-state index is 11.9. The Morgan fingerprint density at radius 3 is 1.74 bits per heavy atom. The molecule has 2 amide bonds. The Bertz CT molecular complexity index is 347. The summed E-state index contributed by atoms with van der Waals surface area (Å²) in [6.07, 6.45) is -0.358. The highest BCUT2D eigenvalue weighted by Gasteiger charge is 2.33. The van der Waals surface area contributed by atoms with Crippen LogP contribution >= 0.6 is 0 Å². The van der Waals surface area contributed by atoms with Crippen LogP contribution in [0.15, 0.2) is 0 Å². The van der Waals surface area contributed by atoms with Gasteiger partial charge in [0.05, 0.1) is 0 Å². The average molecular weight is 272 g/mol. The molecule has 0 atom stereocenters. The van der Waals surface area contributed by atoms with E-state index in [1.165, 1.54) is 13.8 Å². The SMILES string of the molecule is CC(C)(C)OC(=O)N1CCN(C(=O)C(C)(C)O)CC1. The van der Waals surface area contributed by atoms with Crippen molar-refractivity contribution >= 4 is 12.0 Å². The lowest BCUT2D eigenvalue weighted by Crippen LogP contribution is -2.55. The van der Waals surface area contributed by atoms with Crippen molar-refractivity contribution in [1.29, 1.82) is 0 Å². The van der Waals surface area contributed by atoms with Crippen LogP contribution in [0.25, 0.3) is 0 Å². The largest absolute Gasteiger partial charge is 0.444 e. The van der Waals surface area contributed by atoms with Crippen LogP contribution in [-0.4, -0.2) is 64.3 Å². The third-order valence-electron chi connectivity index (χ3n) is 2.74. The molecule has 1 fully saturated rings. The molecule has 0 bridgehead atoms. The topological polar surface area (TPSA) is 70.1 Å². The summed E-state index contributed by atoms with van der Waals surface area (Å²) in [7, 11) is 0. The summed E-state index contributed by atoms with van der Waals surface area (Å²) in [6, 6.07) is 0. The molecule has 1 saturated heterocycles. The Morgan fingerprint density at radius 2 is 1.37 bits per heavy atom. The molecule has 1 rings (SSSR count). The number of carbonyl (C=O) groups is 2. The smallest absolute Gasteiger partial charge is 0.410 e. The molecule has 0 spiro atoms. The molecule has 0 saturated carbocycles. The van der Waals surface area contributed by atoms with Gasteiger partial charge in [0.25, 0.3) is 5.91 Å². The summed E-state index contributed by atoms with van der Waals surface area (Å²) in [5.41, 5.74) is -1.88. The van der Waals surface area contributed by atoms with Crippen molar-refractivity contribution in [3.05, 3.63) is 0 Å². The van der Waals surface area contributed by atoms with E-state index in [-0.39, 0.29) is 12.0 Å². The van der Waals surface area contributed by atoms with Gasteiger partial charge in [-0.25, -0.2) is 4.79 Å². The van der Waals surface area contributed by atoms with Gasteiger partial charge in [0.15, 0.2) is 0 Å². The van der Waals surface area contributed by atoms with Gasteiger partial charge in [0, 0.05) is 26.2 Å². The molecule has 0 aromatic carbocycles. The van der Waals surface area contributed by atoms with E-state index in [0.29, 0.717) is 26.2 Å². The van der Waals surface area contributed by atoms with Crippen LogP contribution in [-0.2, 0) is 9.53 Å². The zero-order valence-electron chi connectivity index (χ0n) is 12.4. The minimum absolute atomic E-state index is 0.309. The lowest BCUT2D eigenvalue weighted by Gasteiger charge is -2.37. The van der Waals surface area contributed by atoms with Crippen LogP contribution < -0.4 is 0 Å². The second kappa shape index (κ2) is 5.36. The molecule has 1 N–H and O–H groups in total. The van der Waals surface area contributed by atoms with Crippen LogP contribution in [0.3, 0.4) is 0 Å². The summed E-state index contributed by atoms with van der Waals surface area (Å²) < 4.78 is 5.27. The van der Waals surface area contributed by atoms with Crippen molar-refractivity contribution in [1.82, 2.24) is 9.80 Å². The van der Waals surface area contributed by atoms with Crippen molar-refractivity contribution < 1.29 is 19.4 Å². The van der Waals surface area contributed by atoms with Gasteiger partial charge in [0.2, 0.25) is 0 Å². The minimum atomic E-state index is -1.37. The third kappa shape index (κ3) is 4.70. The zero-order chi connectivity index (χ0) is 14.8. The number of carbonyl (C=O) groups excluding carboxylic acids is 2. The molecule has 6 nitrogen and oxygen atoms in total. The van der Waals surface area contributed by atoms with E-state index in [1.807, 2.05) is 20.8 Å². The van der Waals surface area contributed by atoms with Gasteiger partial charge in [-0.3, -0.25) is 4.79 Å². The highest BCUT2D eigenvalue weighted by atomic mass is 16.6. The molecule has 1 aliphatic heterocycles. The predicted octanol–water partition coefficient (Wildman–Crippen LogP) is 0.837. The number of rotatable bonds is 1. The molecule has 19 heavy (non-hydrogen) atoms. The summed E-state index contributed by atoms with van der Waals surface area (Å²) in [5, 5.41) is 9.67. The van der Waals surface area contributed by atoms with E-state index in [1.54, 1.807) is 9.80 Å². The second-order valence-electron chi connectivity index (χ2n) is 6.32. The maximum Gasteiger partial charge on any atom is 0.410 e. The first-order valence-electron chi connectivity index (χ1n) is 6.50. The highest BCUT2D eigenvalue weighted by molar-refractivity contribution is 5.84. The first-order chi connectivity index (χ1) is 8.50. The molecule has 0 radical (unpaired) electrons. The number of aliphatic hydroxyl groups is 1. The van der Waals surface area contributed by atoms with E-state index in [4.69, 9.17) is 4.74 Å². The van der Waals surface area contributed by atoms with Gasteiger partial charge in [-0.15, -0.1) is 0 Å². The number of ether oxygens (including phenoxy) is 1. The van der Waals surface area contributed by atoms with Gasteiger partial charge < -0.3 is 19.6 Å². The number of hydrogen-bond donors (Lipinski definition) is 1. The Kier molecular flexibility index (Phi) is 4.45. The minimum Gasteiger partial charge on any atom is -0.444 e. The van der Waals surface area contributed by atoms with Crippen LogP contribution in [0.4, 0.5) is 4.79 Å². The number of hydrogen-bond acceptors (Lipinski definition) is 4. The first-order valence-corrected chi connectivity index (χ1v) is 6.50. The number of amides is 2. The molecular formula is C13H24N2O4. The third-order valence-corrected chi connectivity index (χ3v) is 2.74. The van der Waals surface area contributed by atoms with E-state index < -0.39 is 11.2 Å². The van der Waals surface area contributed by atoms with Crippen molar-refractivity contribution in [2.75, 3.05) is 26.2 Å².